The lowest BCUT2D eigenvalue weighted by Crippen LogP contribution is -2.48. The van der Waals surface area contributed by atoms with Gasteiger partial charge in [0.15, 0.2) is 5.78 Å². The topological polar surface area (TPSA) is 113 Å². The van der Waals surface area contributed by atoms with Crippen LogP contribution in [0.25, 0.3) is 0 Å². The Morgan fingerprint density at radius 1 is 0.667 bits per heavy atom. The molecule has 0 heterocycles. The first-order chi connectivity index (χ1) is 21.8. The van der Waals surface area contributed by atoms with Crippen LogP contribution in [0.5, 0.6) is 0 Å². The van der Waals surface area contributed by atoms with Crippen LogP contribution >= 0.6 is 0 Å². The first-order valence-electron chi connectivity index (χ1n) is 14.9. The SMILES string of the molecule is CN(C(=O)[C@@H](CC(=O)[C@H](Cc1ccccc1)NC(=O)OCc1ccccc1)Cc1ccccc1)[C@@H](Cc1ccccc1)C(=O)O. The van der Waals surface area contributed by atoms with Crippen molar-refractivity contribution in [2.75, 3.05) is 7.05 Å². The van der Waals surface area contributed by atoms with Crippen molar-refractivity contribution in [2.45, 2.75) is 44.4 Å². The van der Waals surface area contributed by atoms with E-state index in [0.29, 0.717) is 0 Å². The van der Waals surface area contributed by atoms with Gasteiger partial charge in [0.25, 0.3) is 0 Å². The molecule has 45 heavy (non-hydrogen) atoms. The molecule has 0 fully saturated rings. The van der Waals surface area contributed by atoms with Crippen LogP contribution in [-0.4, -0.2) is 52.9 Å². The van der Waals surface area contributed by atoms with Crippen LogP contribution < -0.4 is 5.32 Å². The van der Waals surface area contributed by atoms with Crippen LogP contribution in [0.3, 0.4) is 0 Å². The molecular formula is C37H38N2O6. The van der Waals surface area contributed by atoms with E-state index in [2.05, 4.69) is 5.32 Å². The Morgan fingerprint density at radius 3 is 1.60 bits per heavy atom. The summed E-state index contributed by atoms with van der Waals surface area (Å²) in [6.07, 6.45) is -0.398. The monoisotopic (exact) mass is 606 g/mol. The summed E-state index contributed by atoms with van der Waals surface area (Å²) in [6, 6.07) is 34.8. The number of ketones is 1. The lowest BCUT2D eigenvalue weighted by molar-refractivity contribution is -0.151. The minimum absolute atomic E-state index is 0.0385. The van der Waals surface area contributed by atoms with E-state index in [1.807, 2.05) is 121 Å². The fourth-order valence-electron chi connectivity index (χ4n) is 5.20. The molecule has 2 N–H and O–H groups in total. The van der Waals surface area contributed by atoms with Crippen molar-refractivity contribution in [3.05, 3.63) is 144 Å². The quantitative estimate of drug-likeness (QED) is 0.185. The Kier molecular flexibility index (Phi) is 12.0. The average molecular weight is 607 g/mol. The van der Waals surface area contributed by atoms with Crippen LogP contribution in [0.4, 0.5) is 4.79 Å². The van der Waals surface area contributed by atoms with Gasteiger partial charge >= 0.3 is 12.1 Å². The van der Waals surface area contributed by atoms with Crippen molar-refractivity contribution in [3.63, 3.8) is 0 Å². The summed E-state index contributed by atoms with van der Waals surface area (Å²) in [5, 5.41) is 12.8. The third kappa shape index (κ3) is 10.2. The number of carbonyl (C=O) groups excluding carboxylic acids is 3. The Bertz CT molecular complexity index is 1530. The molecule has 232 valence electrons. The molecule has 0 bridgehead atoms. The Balaban J connectivity index is 1.55. The van der Waals surface area contributed by atoms with Gasteiger partial charge in [-0.25, -0.2) is 9.59 Å². The fourth-order valence-corrected chi connectivity index (χ4v) is 5.20. The molecule has 0 aromatic heterocycles. The van der Waals surface area contributed by atoms with Gasteiger partial charge in [0, 0.05) is 25.8 Å². The lowest BCUT2D eigenvalue weighted by Gasteiger charge is -2.29. The first-order valence-corrected chi connectivity index (χ1v) is 14.9. The van der Waals surface area contributed by atoms with Gasteiger partial charge in [0.1, 0.15) is 12.6 Å². The number of carboxylic acid groups (broad SMARTS) is 1. The summed E-state index contributed by atoms with van der Waals surface area (Å²) < 4.78 is 5.40. The zero-order valence-electron chi connectivity index (χ0n) is 25.3. The smallest absolute Gasteiger partial charge is 0.408 e. The largest absolute Gasteiger partial charge is 0.480 e. The van der Waals surface area contributed by atoms with Gasteiger partial charge in [0.2, 0.25) is 5.91 Å². The van der Waals surface area contributed by atoms with E-state index >= 15 is 0 Å². The molecule has 0 radical (unpaired) electrons. The van der Waals surface area contributed by atoms with E-state index in [1.54, 1.807) is 0 Å². The molecule has 0 saturated heterocycles. The van der Waals surface area contributed by atoms with E-state index in [-0.39, 0.29) is 38.1 Å². The molecule has 4 rings (SSSR count). The number of likely N-dealkylation sites (N-methyl/N-ethyl adjacent to an activating group) is 1. The molecule has 8 nitrogen and oxygen atoms in total. The molecule has 4 aromatic rings. The van der Waals surface area contributed by atoms with E-state index in [9.17, 15) is 24.3 Å². The van der Waals surface area contributed by atoms with E-state index < -0.39 is 36.0 Å². The van der Waals surface area contributed by atoms with Gasteiger partial charge in [-0.3, -0.25) is 9.59 Å². The third-order valence-corrected chi connectivity index (χ3v) is 7.67. The summed E-state index contributed by atoms with van der Waals surface area (Å²) in [6.45, 7) is 0.0385. The molecule has 8 heteroatoms. The number of nitrogens with zero attached hydrogens (tertiary/aromatic N) is 1. The second-order valence-corrected chi connectivity index (χ2v) is 11.0. The maximum atomic E-state index is 14.0. The lowest BCUT2D eigenvalue weighted by atomic mass is 9.89. The molecule has 0 aliphatic carbocycles. The van der Waals surface area contributed by atoms with E-state index in [1.165, 1.54) is 11.9 Å². The number of rotatable bonds is 15. The number of Topliss-reactive ketones (excluding diaryl/α,β-unsaturated/α-hetero) is 1. The first kappa shape index (κ1) is 32.7. The van der Waals surface area contributed by atoms with Crippen molar-refractivity contribution in [1.29, 1.82) is 0 Å². The van der Waals surface area contributed by atoms with Gasteiger partial charge in [-0.2, -0.15) is 0 Å². The van der Waals surface area contributed by atoms with Crippen molar-refractivity contribution >= 4 is 23.8 Å². The maximum absolute atomic E-state index is 14.0. The summed E-state index contributed by atoms with van der Waals surface area (Å²) in [7, 11) is 1.47. The molecule has 0 spiro atoms. The van der Waals surface area contributed by atoms with Gasteiger partial charge in [-0.05, 0) is 35.1 Å². The van der Waals surface area contributed by atoms with Gasteiger partial charge < -0.3 is 20.1 Å². The Labute approximate surface area is 263 Å². The zero-order valence-corrected chi connectivity index (χ0v) is 25.3. The van der Waals surface area contributed by atoms with Gasteiger partial charge in [-0.15, -0.1) is 0 Å². The number of amides is 2. The van der Waals surface area contributed by atoms with Crippen molar-refractivity contribution in [3.8, 4) is 0 Å². The summed E-state index contributed by atoms with van der Waals surface area (Å²) >= 11 is 0. The summed E-state index contributed by atoms with van der Waals surface area (Å²) in [5.41, 5.74) is 3.25. The number of carboxylic acids is 1. The highest BCUT2D eigenvalue weighted by molar-refractivity contribution is 5.93. The second kappa shape index (κ2) is 16.6. The minimum Gasteiger partial charge on any atom is -0.480 e. The van der Waals surface area contributed by atoms with Gasteiger partial charge in [-0.1, -0.05) is 121 Å². The Morgan fingerprint density at radius 2 is 1.11 bits per heavy atom. The number of aliphatic carboxylic acids is 1. The van der Waals surface area contributed by atoms with Crippen molar-refractivity contribution < 1.29 is 29.0 Å². The number of nitrogens with one attached hydrogen (secondary N) is 1. The highest BCUT2D eigenvalue weighted by Crippen LogP contribution is 2.20. The summed E-state index contributed by atoms with van der Waals surface area (Å²) in [5.74, 6) is -2.80. The van der Waals surface area contributed by atoms with Crippen molar-refractivity contribution in [1.82, 2.24) is 10.2 Å². The molecular weight excluding hydrogens is 568 g/mol. The van der Waals surface area contributed by atoms with Crippen molar-refractivity contribution in [2.24, 2.45) is 5.92 Å². The van der Waals surface area contributed by atoms with Crippen LogP contribution in [0, 0.1) is 5.92 Å². The molecule has 0 saturated carbocycles. The standard InChI is InChI=1S/C37H38N2O6/c1-39(33(36(42)43)24-29-18-10-4-11-19-29)35(41)31(22-27-14-6-2-7-15-27)25-34(40)32(23-28-16-8-3-9-17-28)38-37(44)45-26-30-20-12-5-13-21-30/h2-21,31-33H,22-26H2,1H3,(H,38,44)(H,42,43)/t31-,32+,33+/m1/s1. The number of benzene rings is 4. The highest BCUT2D eigenvalue weighted by Gasteiger charge is 2.34. The van der Waals surface area contributed by atoms with E-state index in [4.69, 9.17) is 4.74 Å². The molecule has 2 amide bonds. The average Bonchev–Trinajstić information content (AvgIpc) is 3.06. The van der Waals surface area contributed by atoms with Crippen LogP contribution in [-0.2, 0) is 45.0 Å². The molecule has 0 unspecified atom stereocenters. The fraction of sp³-hybridized carbons (Fsp3) is 0.243. The number of alkyl carbamates (subject to hydrolysis) is 1. The number of carbonyl (C=O) groups is 4. The predicted octanol–water partition coefficient (Wildman–Crippen LogP) is 5.50. The zero-order chi connectivity index (χ0) is 32.0. The number of hydrogen-bond donors (Lipinski definition) is 2. The molecule has 3 atom stereocenters. The minimum atomic E-state index is -1.13. The normalized spacial score (nSPS) is 12.7. The van der Waals surface area contributed by atoms with Crippen LogP contribution in [0.1, 0.15) is 28.7 Å². The van der Waals surface area contributed by atoms with Gasteiger partial charge in [0.05, 0.1) is 6.04 Å². The number of ether oxygens (including phenoxy) is 1. The molecule has 4 aromatic carbocycles. The highest BCUT2D eigenvalue weighted by atomic mass is 16.5. The molecule has 0 aliphatic heterocycles. The molecule has 0 aliphatic rings. The van der Waals surface area contributed by atoms with E-state index in [0.717, 1.165) is 22.3 Å². The van der Waals surface area contributed by atoms with Crippen LogP contribution in [0.15, 0.2) is 121 Å². The number of hydrogen-bond acceptors (Lipinski definition) is 5. The maximum Gasteiger partial charge on any atom is 0.408 e. The van der Waals surface area contributed by atoms with Crippen LogP contribution in [0.2, 0.25) is 0 Å². The Hall–Kier alpha value is -5.24. The summed E-state index contributed by atoms with van der Waals surface area (Å²) in [4.78, 5) is 54.3. The predicted molar refractivity (Wildman–Crippen MR) is 171 cm³/mol. The third-order valence-electron chi connectivity index (χ3n) is 7.67. The second-order valence-electron chi connectivity index (χ2n) is 11.0.